The topological polar surface area (TPSA) is 74.5 Å². The summed E-state index contributed by atoms with van der Waals surface area (Å²) < 4.78 is 5.27. The molecule has 0 saturated carbocycles. The molecule has 27 heavy (non-hydrogen) atoms. The number of anilines is 2. The second-order valence-corrected chi connectivity index (χ2v) is 7.34. The summed E-state index contributed by atoms with van der Waals surface area (Å²) >= 11 is 0. The third-order valence-corrected chi connectivity index (χ3v) is 5.52. The molecule has 1 amide bonds. The zero-order valence-corrected chi connectivity index (χ0v) is 15.6. The number of hydrogen-bond acceptors (Lipinski definition) is 6. The van der Waals surface area contributed by atoms with Crippen molar-refractivity contribution < 1.29 is 9.21 Å². The molecule has 0 spiro atoms. The van der Waals surface area contributed by atoms with Crippen molar-refractivity contribution >= 4 is 17.5 Å². The van der Waals surface area contributed by atoms with Gasteiger partial charge in [0.2, 0.25) is 5.91 Å². The molecule has 1 N–H and O–H groups in total. The summed E-state index contributed by atoms with van der Waals surface area (Å²) in [5, 5.41) is 2.98. The van der Waals surface area contributed by atoms with E-state index in [0.717, 1.165) is 56.4 Å². The van der Waals surface area contributed by atoms with E-state index in [-0.39, 0.29) is 11.8 Å². The molecule has 2 aromatic heterocycles. The molecule has 2 fully saturated rings. The molecule has 7 heteroatoms. The van der Waals surface area contributed by atoms with Crippen molar-refractivity contribution in [2.24, 2.45) is 5.92 Å². The Bertz CT molecular complexity index is 735. The summed E-state index contributed by atoms with van der Waals surface area (Å²) in [5.41, 5.74) is 0. The number of nitrogens with zero attached hydrogens (tertiary/aromatic N) is 4. The first-order chi connectivity index (χ1) is 13.3. The van der Waals surface area contributed by atoms with Crippen LogP contribution >= 0.6 is 0 Å². The number of aromatic nitrogens is 2. The summed E-state index contributed by atoms with van der Waals surface area (Å²) in [4.78, 5) is 26.0. The minimum atomic E-state index is 0.0552. The molecular formula is C20H27N5O2. The zero-order valence-electron chi connectivity index (χ0n) is 15.6. The highest BCUT2D eigenvalue weighted by atomic mass is 16.3. The van der Waals surface area contributed by atoms with Gasteiger partial charge < -0.3 is 19.5 Å². The van der Waals surface area contributed by atoms with Crippen molar-refractivity contribution in [1.29, 1.82) is 0 Å². The van der Waals surface area contributed by atoms with E-state index in [0.29, 0.717) is 6.54 Å². The number of nitrogens with one attached hydrogen (secondary N) is 1. The molecule has 0 unspecified atom stereocenters. The predicted octanol–water partition coefficient (Wildman–Crippen LogP) is 2.59. The largest absolute Gasteiger partial charge is 0.467 e. The summed E-state index contributed by atoms with van der Waals surface area (Å²) in [6.45, 7) is 4.30. The van der Waals surface area contributed by atoms with Crippen LogP contribution in [0.25, 0.3) is 0 Å². The minimum absolute atomic E-state index is 0.0552. The third kappa shape index (κ3) is 4.40. The Morgan fingerprint density at radius 1 is 1.07 bits per heavy atom. The molecular weight excluding hydrogens is 342 g/mol. The van der Waals surface area contributed by atoms with E-state index in [1.807, 2.05) is 12.1 Å². The lowest BCUT2D eigenvalue weighted by Crippen LogP contribution is -2.40. The van der Waals surface area contributed by atoms with Crippen molar-refractivity contribution in [3.05, 3.63) is 36.5 Å². The van der Waals surface area contributed by atoms with Crippen LogP contribution in [-0.4, -0.2) is 42.1 Å². The van der Waals surface area contributed by atoms with Crippen LogP contribution in [0, 0.1) is 5.92 Å². The van der Waals surface area contributed by atoms with Crippen LogP contribution in [0.4, 0.5) is 11.6 Å². The second kappa shape index (κ2) is 8.41. The highest BCUT2D eigenvalue weighted by Crippen LogP contribution is 2.25. The maximum atomic E-state index is 12.4. The number of hydrogen-bond donors (Lipinski definition) is 1. The van der Waals surface area contributed by atoms with Crippen molar-refractivity contribution in [3.63, 3.8) is 0 Å². The van der Waals surface area contributed by atoms with Gasteiger partial charge in [-0.2, -0.15) is 0 Å². The Balaban J connectivity index is 1.30. The summed E-state index contributed by atoms with van der Waals surface area (Å²) in [6, 6.07) is 5.81. The predicted molar refractivity (Wildman–Crippen MR) is 104 cm³/mol. The van der Waals surface area contributed by atoms with E-state index in [9.17, 15) is 4.79 Å². The van der Waals surface area contributed by atoms with E-state index in [1.165, 1.54) is 19.3 Å². The van der Waals surface area contributed by atoms with Crippen molar-refractivity contribution in [2.45, 2.75) is 38.6 Å². The standard InChI is InChI=1S/C20H27N5O2/c26-20(21-14-17-5-4-12-27-17)16-6-10-25(11-7-16)19-13-18(22-15-23-19)24-8-2-1-3-9-24/h4-5,12-13,15-16H,1-3,6-11,14H2,(H,21,26). The van der Waals surface area contributed by atoms with E-state index in [4.69, 9.17) is 4.42 Å². The number of carbonyl (C=O) groups is 1. The maximum absolute atomic E-state index is 12.4. The van der Waals surface area contributed by atoms with Gasteiger partial charge in [-0.25, -0.2) is 9.97 Å². The minimum Gasteiger partial charge on any atom is -0.467 e. The van der Waals surface area contributed by atoms with Gasteiger partial charge in [-0.1, -0.05) is 0 Å². The van der Waals surface area contributed by atoms with Crippen LogP contribution < -0.4 is 15.1 Å². The van der Waals surface area contributed by atoms with Gasteiger partial charge in [-0.15, -0.1) is 0 Å². The monoisotopic (exact) mass is 369 g/mol. The number of carbonyl (C=O) groups excluding carboxylic acids is 1. The third-order valence-electron chi connectivity index (χ3n) is 5.52. The van der Waals surface area contributed by atoms with E-state index < -0.39 is 0 Å². The van der Waals surface area contributed by atoms with Crippen LogP contribution in [0.3, 0.4) is 0 Å². The number of amides is 1. The molecule has 144 valence electrons. The summed E-state index contributed by atoms with van der Waals surface area (Å²) in [7, 11) is 0. The summed E-state index contributed by atoms with van der Waals surface area (Å²) in [6.07, 6.45) is 8.75. The Morgan fingerprint density at radius 2 is 1.78 bits per heavy atom. The fourth-order valence-corrected chi connectivity index (χ4v) is 3.91. The molecule has 0 radical (unpaired) electrons. The average molecular weight is 369 g/mol. The van der Waals surface area contributed by atoms with E-state index in [1.54, 1.807) is 12.6 Å². The smallest absolute Gasteiger partial charge is 0.223 e. The first-order valence-electron chi connectivity index (χ1n) is 9.91. The van der Waals surface area contributed by atoms with Gasteiger partial charge in [0.05, 0.1) is 12.8 Å². The first kappa shape index (κ1) is 17.8. The van der Waals surface area contributed by atoms with Crippen LogP contribution in [0.1, 0.15) is 37.9 Å². The van der Waals surface area contributed by atoms with Crippen molar-refractivity contribution in [1.82, 2.24) is 15.3 Å². The number of piperidine rings is 2. The lowest BCUT2D eigenvalue weighted by atomic mass is 9.96. The molecule has 4 rings (SSSR count). The molecule has 2 aromatic rings. The number of furan rings is 1. The quantitative estimate of drug-likeness (QED) is 0.873. The highest BCUT2D eigenvalue weighted by Gasteiger charge is 2.26. The van der Waals surface area contributed by atoms with Gasteiger partial charge in [-0.3, -0.25) is 4.79 Å². The second-order valence-electron chi connectivity index (χ2n) is 7.34. The van der Waals surface area contributed by atoms with Crippen molar-refractivity contribution in [2.75, 3.05) is 36.0 Å². The molecule has 2 aliphatic heterocycles. The SMILES string of the molecule is O=C(NCc1ccco1)C1CCN(c2cc(N3CCCCC3)ncn2)CC1. The van der Waals surface area contributed by atoms with E-state index in [2.05, 4.69) is 31.2 Å². The zero-order chi connectivity index (χ0) is 18.5. The van der Waals surface area contributed by atoms with Gasteiger partial charge in [0.1, 0.15) is 23.7 Å². The fourth-order valence-electron chi connectivity index (χ4n) is 3.91. The van der Waals surface area contributed by atoms with Gasteiger partial charge in [0, 0.05) is 38.2 Å². The van der Waals surface area contributed by atoms with Crippen LogP contribution in [0.5, 0.6) is 0 Å². The Kier molecular flexibility index (Phi) is 5.55. The highest BCUT2D eigenvalue weighted by molar-refractivity contribution is 5.78. The molecule has 2 saturated heterocycles. The Labute approximate surface area is 159 Å². The maximum Gasteiger partial charge on any atom is 0.223 e. The lowest BCUT2D eigenvalue weighted by Gasteiger charge is -2.33. The Hall–Kier alpha value is -2.57. The van der Waals surface area contributed by atoms with E-state index >= 15 is 0 Å². The molecule has 0 atom stereocenters. The average Bonchev–Trinajstić information content (AvgIpc) is 3.27. The van der Waals surface area contributed by atoms with Gasteiger partial charge in [-0.05, 0) is 44.2 Å². The molecule has 0 bridgehead atoms. The molecule has 0 aromatic carbocycles. The first-order valence-corrected chi connectivity index (χ1v) is 9.91. The van der Waals surface area contributed by atoms with Gasteiger partial charge >= 0.3 is 0 Å². The lowest BCUT2D eigenvalue weighted by molar-refractivity contribution is -0.125. The number of rotatable bonds is 5. The fraction of sp³-hybridized carbons (Fsp3) is 0.550. The molecule has 0 aliphatic carbocycles. The molecule has 7 nitrogen and oxygen atoms in total. The van der Waals surface area contributed by atoms with Crippen LogP contribution in [-0.2, 0) is 11.3 Å². The molecule has 2 aliphatic rings. The Morgan fingerprint density at radius 3 is 2.44 bits per heavy atom. The van der Waals surface area contributed by atoms with Gasteiger partial charge in [0.15, 0.2) is 0 Å². The normalized spacial score (nSPS) is 18.5. The van der Waals surface area contributed by atoms with Crippen LogP contribution in [0.2, 0.25) is 0 Å². The molecule has 4 heterocycles. The van der Waals surface area contributed by atoms with Gasteiger partial charge in [0.25, 0.3) is 0 Å². The summed E-state index contributed by atoms with van der Waals surface area (Å²) in [5.74, 6) is 2.95. The van der Waals surface area contributed by atoms with Crippen LogP contribution in [0.15, 0.2) is 35.2 Å². The van der Waals surface area contributed by atoms with Crippen molar-refractivity contribution in [3.8, 4) is 0 Å².